The zero-order chi connectivity index (χ0) is 19.6. The first-order valence-corrected chi connectivity index (χ1v) is 9.90. The van der Waals surface area contributed by atoms with Crippen LogP contribution in [0.4, 0.5) is 5.69 Å². The van der Waals surface area contributed by atoms with E-state index in [2.05, 4.69) is 23.8 Å². The number of anilines is 1. The molecule has 1 aromatic heterocycles. The number of rotatable bonds is 6. The molecule has 27 heavy (non-hydrogen) atoms. The summed E-state index contributed by atoms with van der Waals surface area (Å²) in [5.74, 6) is -0.282. The van der Waals surface area contributed by atoms with Crippen molar-refractivity contribution in [2.24, 2.45) is 7.05 Å². The number of carbonyl (C=O) groups excluding carboxylic acids is 1. The van der Waals surface area contributed by atoms with Gasteiger partial charge in [-0.2, -0.15) is 5.10 Å². The Hall–Kier alpha value is -2.08. The summed E-state index contributed by atoms with van der Waals surface area (Å²) >= 11 is 0. The second kappa shape index (κ2) is 8.30. The zero-order valence-corrected chi connectivity index (χ0v) is 17.1. The number of nitrogens with zero attached hydrogens (tertiary/aromatic N) is 3. The first kappa shape index (κ1) is 19.7. The first-order valence-electron chi connectivity index (χ1n) is 9.90. The number of ether oxygens (including phenoxy) is 2. The van der Waals surface area contributed by atoms with Crippen LogP contribution in [0.25, 0.3) is 10.9 Å². The predicted molar refractivity (Wildman–Crippen MR) is 108 cm³/mol. The molecule has 1 saturated carbocycles. The number of aromatic nitrogens is 2. The monoisotopic (exact) mass is 373 g/mol. The molecule has 0 radical (unpaired) electrons. The van der Waals surface area contributed by atoms with Gasteiger partial charge in [0, 0.05) is 32.1 Å². The maximum atomic E-state index is 12.5. The molecule has 1 fully saturated rings. The quantitative estimate of drug-likeness (QED) is 0.723. The summed E-state index contributed by atoms with van der Waals surface area (Å²) in [5.41, 5.74) is 3.81. The molecule has 0 bridgehead atoms. The van der Waals surface area contributed by atoms with Crippen molar-refractivity contribution in [1.82, 2.24) is 9.78 Å². The molecular weight excluding hydrogens is 342 g/mol. The number of hydrogen-bond acceptors (Lipinski definition) is 5. The highest BCUT2D eigenvalue weighted by Gasteiger charge is 2.29. The highest BCUT2D eigenvalue weighted by atomic mass is 16.5. The molecule has 148 valence electrons. The summed E-state index contributed by atoms with van der Waals surface area (Å²) in [7, 11) is 5.16. The lowest BCUT2D eigenvalue weighted by atomic mass is 9.90. The van der Waals surface area contributed by atoms with Crippen molar-refractivity contribution < 1.29 is 14.3 Å². The highest BCUT2D eigenvalue weighted by molar-refractivity contribution is 6.03. The lowest BCUT2D eigenvalue weighted by molar-refractivity contribution is 0.0599. The Morgan fingerprint density at radius 3 is 2.52 bits per heavy atom. The topological polar surface area (TPSA) is 56.6 Å². The summed E-state index contributed by atoms with van der Waals surface area (Å²) < 4.78 is 12.5. The zero-order valence-electron chi connectivity index (χ0n) is 17.1. The Bertz CT molecular complexity index is 807. The third-order valence-electron chi connectivity index (χ3n) is 5.94. The molecule has 0 aliphatic heterocycles. The molecule has 0 amide bonds. The molecule has 1 aliphatic carbocycles. The summed E-state index contributed by atoms with van der Waals surface area (Å²) in [6, 6.07) is 2.37. The Balaban J connectivity index is 2.14. The largest absolute Gasteiger partial charge is 0.465 e. The fourth-order valence-electron chi connectivity index (χ4n) is 4.48. The predicted octanol–water partition coefficient (Wildman–Crippen LogP) is 3.71. The maximum absolute atomic E-state index is 12.5. The minimum atomic E-state index is -0.282. The number of methoxy groups -OCH3 is 2. The van der Waals surface area contributed by atoms with E-state index in [0.717, 1.165) is 60.8 Å². The van der Waals surface area contributed by atoms with Crippen LogP contribution in [0.3, 0.4) is 0 Å². The van der Waals surface area contributed by atoms with E-state index in [1.807, 2.05) is 24.0 Å². The van der Waals surface area contributed by atoms with Gasteiger partial charge in [-0.15, -0.1) is 0 Å². The average molecular weight is 373 g/mol. The molecular formula is C21H31N3O3. The average Bonchev–Trinajstić information content (AvgIpc) is 3.08. The van der Waals surface area contributed by atoms with Gasteiger partial charge in [0.1, 0.15) is 0 Å². The lowest BCUT2D eigenvalue weighted by Crippen LogP contribution is -2.40. The fraction of sp³-hybridized carbons (Fsp3) is 0.619. The Morgan fingerprint density at radius 1 is 1.26 bits per heavy atom. The van der Waals surface area contributed by atoms with Gasteiger partial charge in [-0.25, -0.2) is 4.79 Å². The van der Waals surface area contributed by atoms with Crippen molar-refractivity contribution in [2.45, 2.75) is 58.1 Å². The minimum Gasteiger partial charge on any atom is -0.465 e. The standard InChI is InChI=1S/C21H31N3O3/c1-6-16-17(21(25)27-5)12-19-18(13-22-23(19)3)20(16)24(7-2)14-8-10-15(26-4)11-9-14/h12-15H,6-11H2,1-5H3. The molecule has 1 aliphatic rings. The molecule has 0 N–H and O–H groups in total. The van der Waals surface area contributed by atoms with E-state index >= 15 is 0 Å². The van der Waals surface area contributed by atoms with Gasteiger partial charge < -0.3 is 14.4 Å². The van der Waals surface area contributed by atoms with E-state index in [4.69, 9.17) is 9.47 Å². The second-order valence-electron chi connectivity index (χ2n) is 7.25. The van der Waals surface area contributed by atoms with Crippen molar-refractivity contribution in [3.05, 3.63) is 23.4 Å². The number of hydrogen-bond donors (Lipinski definition) is 0. The molecule has 6 heteroatoms. The van der Waals surface area contributed by atoms with E-state index in [0.29, 0.717) is 17.7 Å². The molecule has 2 aromatic rings. The van der Waals surface area contributed by atoms with Crippen LogP contribution in [0.15, 0.2) is 12.3 Å². The van der Waals surface area contributed by atoms with Gasteiger partial charge in [-0.3, -0.25) is 4.68 Å². The Morgan fingerprint density at radius 2 is 1.96 bits per heavy atom. The number of esters is 1. The number of fused-ring (bicyclic) bond motifs is 1. The van der Waals surface area contributed by atoms with Crippen molar-refractivity contribution >= 4 is 22.6 Å². The molecule has 1 aromatic carbocycles. The lowest BCUT2D eigenvalue weighted by Gasteiger charge is -2.39. The smallest absolute Gasteiger partial charge is 0.338 e. The van der Waals surface area contributed by atoms with Gasteiger partial charge in [-0.1, -0.05) is 6.92 Å². The molecule has 0 unspecified atom stereocenters. The van der Waals surface area contributed by atoms with Gasteiger partial charge in [-0.05, 0) is 50.7 Å². The van der Waals surface area contributed by atoms with Gasteiger partial charge in [0.25, 0.3) is 0 Å². The Kier molecular flexibility index (Phi) is 6.05. The van der Waals surface area contributed by atoms with E-state index in [1.54, 1.807) is 7.11 Å². The van der Waals surface area contributed by atoms with Crippen molar-refractivity contribution in [1.29, 1.82) is 0 Å². The van der Waals surface area contributed by atoms with E-state index in [-0.39, 0.29) is 5.97 Å². The highest BCUT2D eigenvalue weighted by Crippen LogP contribution is 2.38. The Labute approximate surface area is 161 Å². The van der Waals surface area contributed by atoms with Crippen LogP contribution in [-0.4, -0.2) is 48.7 Å². The van der Waals surface area contributed by atoms with E-state index < -0.39 is 0 Å². The van der Waals surface area contributed by atoms with Crippen LogP contribution in [0.1, 0.15) is 55.5 Å². The maximum Gasteiger partial charge on any atom is 0.338 e. The molecule has 0 spiro atoms. The normalized spacial score (nSPS) is 20.0. The fourth-order valence-corrected chi connectivity index (χ4v) is 4.48. The molecule has 0 atom stereocenters. The van der Waals surface area contributed by atoms with Crippen molar-refractivity contribution in [2.75, 3.05) is 25.7 Å². The molecule has 6 nitrogen and oxygen atoms in total. The second-order valence-corrected chi connectivity index (χ2v) is 7.25. The SMILES string of the molecule is CCc1c(C(=O)OC)cc2c(cnn2C)c1N(CC)C1CCC(OC)CC1. The summed E-state index contributed by atoms with van der Waals surface area (Å²) in [6.07, 6.45) is 7.41. The van der Waals surface area contributed by atoms with Gasteiger partial charge in [0.15, 0.2) is 0 Å². The van der Waals surface area contributed by atoms with Gasteiger partial charge in [0.2, 0.25) is 0 Å². The van der Waals surface area contributed by atoms with Crippen LogP contribution >= 0.6 is 0 Å². The number of benzene rings is 1. The number of carbonyl (C=O) groups is 1. The summed E-state index contributed by atoms with van der Waals surface area (Å²) in [5, 5.41) is 5.57. The van der Waals surface area contributed by atoms with Crippen LogP contribution < -0.4 is 4.90 Å². The van der Waals surface area contributed by atoms with E-state index in [1.165, 1.54) is 7.11 Å². The summed E-state index contributed by atoms with van der Waals surface area (Å²) in [6.45, 7) is 5.18. The molecule has 3 rings (SSSR count). The third kappa shape index (κ3) is 3.55. The van der Waals surface area contributed by atoms with Gasteiger partial charge in [0.05, 0.1) is 36.2 Å². The van der Waals surface area contributed by atoms with Crippen molar-refractivity contribution in [3.63, 3.8) is 0 Å². The number of aryl methyl sites for hydroxylation is 1. The molecule has 1 heterocycles. The third-order valence-corrected chi connectivity index (χ3v) is 5.94. The summed E-state index contributed by atoms with van der Waals surface area (Å²) in [4.78, 5) is 15.0. The van der Waals surface area contributed by atoms with Crippen molar-refractivity contribution in [3.8, 4) is 0 Å². The minimum absolute atomic E-state index is 0.282. The van der Waals surface area contributed by atoms with Crippen LogP contribution in [-0.2, 0) is 22.9 Å². The van der Waals surface area contributed by atoms with Crippen LogP contribution in [0.5, 0.6) is 0 Å². The van der Waals surface area contributed by atoms with Crippen LogP contribution in [0, 0.1) is 0 Å². The molecule has 0 saturated heterocycles. The van der Waals surface area contributed by atoms with Gasteiger partial charge >= 0.3 is 5.97 Å². The van der Waals surface area contributed by atoms with Crippen LogP contribution in [0.2, 0.25) is 0 Å². The van der Waals surface area contributed by atoms with E-state index in [9.17, 15) is 4.79 Å². The first-order chi connectivity index (χ1) is 13.0.